The normalized spacial score (nSPS) is 16.8. The Morgan fingerprint density at radius 3 is 2.75 bits per heavy atom. The van der Waals surface area contributed by atoms with Crippen LogP contribution < -0.4 is 0 Å². The van der Waals surface area contributed by atoms with Crippen LogP contribution in [-0.4, -0.2) is 53.9 Å². The minimum Gasteiger partial charge on any atom is -0.337 e. The number of carbonyl (C=O) groups excluding carboxylic acids is 1. The van der Waals surface area contributed by atoms with Crippen molar-refractivity contribution in [3.63, 3.8) is 0 Å². The van der Waals surface area contributed by atoms with E-state index in [4.69, 9.17) is 0 Å². The molecule has 0 saturated carbocycles. The van der Waals surface area contributed by atoms with Gasteiger partial charge in [-0.1, -0.05) is 6.07 Å². The Morgan fingerprint density at radius 2 is 2.05 bits per heavy atom. The summed E-state index contributed by atoms with van der Waals surface area (Å²) >= 11 is 3.18. The Kier molecular flexibility index (Phi) is 4.72. The molecule has 0 aromatic heterocycles. The Hall–Kier alpha value is -1.47. The van der Waals surface area contributed by atoms with Gasteiger partial charge in [0.05, 0.1) is 10.5 Å². The van der Waals surface area contributed by atoms with Gasteiger partial charge in [-0.15, -0.1) is 0 Å². The Balaban J connectivity index is 2.25. The van der Waals surface area contributed by atoms with E-state index in [-0.39, 0.29) is 16.1 Å². The van der Waals surface area contributed by atoms with Crippen LogP contribution >= 0.6 is 15.9 Å². The number of nitrogens with zero attached hydrogens (tertiary/aromatic N) is 3. The first-order valence-electron chi connectivity index (χ1n) is 6.41. The number of rotatable bonds is 2. The number of amides is 1. The predicted molar refractivity (Wildman–Crippen MR) is 78.8 cm³/mol. The average molecular weight is 342 g/mol. The molecule has 1 aromatic carbocycles. The Labute approximate surface area is 125 Å². The van der Waals surface area contributed by atoms with Crippen LogP contribution in [-0.2, 0) is 0 Å². The Morgan fingerprint density at radius 1 is 1.30 bits per heavy atom. The van der Waals surface area contributed by atoms with E-state index in [2.05, 4.69) is 20.8 Å². The fraction of sp³-hybridized carbons (Fsp3) is 0.462. The molecule has 20 heavy (non-hydrogen) atoms. The summed E-state index contributed by atoms with van der Waals surface area (Å²) in [6.45, 7) is 3.10. The number of carbonyl (C=O) groups is 1. The molecule has 0 bridgehead atoms. The number of benzene rings is 1. The summed E-state index contributed by atoms with van der Waals surface area (Å²) in [4.78, 5) is 26.9. The third-order valence-corrected chi connectivity index (χ3v) is 4.25. The van der Waals surface area contributed by atoms with Crippen LogP contribution in [0.15, 0.2) is 22.7 Å². The smallest absolute Gasteiger partial charge is 0.284 e. The fourth-order valence-electron chi connectivity index (χ4n) is 2.25. The largest absolute Gasteiger partial charge is 0.337 e. The molecule has 0 N–H and O–H groups in total. The maximum atomic E-state index is 12.5. The van der Waals surface area contributed by atoms with Crippen LogP contribution in [0.25, 0.3) is 0 Å². The van der Waals surface area contributed by atoms with Gasteiger partial charge in [-0.2, -0.15) is 0 Å². The van der Waals surface area contributed by atoms with Gasteiger partial charge in [0.2, 0.25) is 0 Å². The molecule has 0 atom stereocenters. The van der Waals surface area contributed by atoms with Crippen LogP contribution in [0.4, 0.5) is 5.69 Å². The maximum Gasteiger partial charge on any atom is 0.284 e. The highest BCUT2D eigenvalue weighted by Crippen LogP contribution is 2.29. The number of nitro groups is 1. The molecule has 0 radical (unpaired) electrons. The second-order valence-electron chi connectivity index (χ2n) is 4.84. The summed E-state index contributed by atoms with van der Waals surface area (Å²) in [7, 11) is 2.03. The summed E-state index contributed by atoms with van der Waals surface area (Å²) in [6.07, 6.45) is 0.911. The molecule has 1 aliphatic heterocycles. The maximum absolute atomic E-state index is 12.5. The van der Waals surface area contributed by atoms with Crippen molar-refractivity contribution in [3.05, 3.63) is 38.3 Å². The molecule has 108 valence electrons. The lowest BCUT2D eigenvalue weighted by Gasteiger charge is -2.21. The highest BCUT2D eigenvalue weighted by Gasteiger charge is 2.24. The van der Waals surface area contributed by atoms with E-state index in [0.717, 1.165) is 19.5 Å². The van der Waals surface area contributed by atoms with Crippen LogP contribution in [0.3, 0.4) is 0 Å². The number of hydrogen-bond donors (Lipinski definition) is 0. The van der Waals surface area contributed by atoms with Gasteiger partial charge in [-0.3, -0.25) is 14.9 Å². The lowest BCUT2D eigenvalue weighted by Crippen LogP contribution is -2.34. The number of halogens is 1. The first-order valence-corrected chi connectivity index (χ1v) is 7.20. The third-order valence-electron chi connectivity index (χ3n) is 3.41. The SMILES string of the molecule is CN1CCCN(C(=O)c2cccc([N+](=O)[O-])c2Br)CC1. The van der Waals surface area contributed by atoms with Crippen molar-refractivity contribution in [2.45, 2.75) is 6.42 Å². The van der Waals surface area contributed by atoms with Crippen LogP contribution in [0.1, 0.15) is 16.8 Å². The summed E-state index contributed by atoms with van der Waals surface area (Å²) in [5.41, 5.74) is 0.270. The van der Waals surface area contributed by atoms with E-state index in [9.17, 15) is 14.9 Å². The van der Waals surface area contributed by atoms with Crippen molar-refractivity contribution in [3.8, 4) is 0 Å². The van der Waals surface area contributed by atoms with E-state index in [0.29, 0.717) is 18.7 Å². The van der Waals surface area contributed by atoms with Gasteiger partial charge in [0, 0.05) is 25.7 Å². The molecule has 1 heterocycles. The molecule has 6 nitrogen and oxygen atoms in total. The standard InChI is InChI=1S/C13H16BrN3O3/c1-15-6-3-7-16(9-8-15)13(18)10-4-2-5-11(12(10)14)17(19)20/h2,4-5H,3,6-9H2,1H3. The van der Waals surface area contributed by atoms with Crippen molar-refractivity contribution in [1.29, 1.82) is 0 Å². The van der Waals surface area contributed by atoms with Gasteiger partial charge in [0.15, 0.2) is 0 Å². The zero-order valence-electron chi connectivity index (χ0n) is 11.2. The van der Waals surface area contributed by atoms with Crippen molar-refractivity contribution >= 4 is 27.5 Å². The number of hydrogen-bond acceptors (Lipinski definition) is 4. The van der Waals surface area contributed by atoms with Crippen LogP contribution in [0, 0.1) is 10.1 Å². The molecule has 0 aliphatic carbocycles. The lowest BCUT2D eigenvalue weighted by molar-refractivity contribution is -0.385. The topological polar surface area (TPSA) is 66.7 Å². The Bertz CT molecular complexity index is 536. The molecular formula is C13H16BrN3O3. The molecule has 1 aliphatic rings. The number of likely N-dealkylation sites (N-methyl/N-ethyl adjacent to an activating group) is 1. The van der Waals surface area contributed by atoms with E-state index in [1.807, 2.05) is 7.05 Å². The average Bonchev–Trinajstić information content (AvgIpc) is 2.63. The summed E-state index contributed by atoms with van der Waals surface area (Å²) < 4.78 is 0.257. The van der Waals surface area contributed by atoms with Crippen molar-refractivity contribution in [2.75, 3.05) is 33.2 Å². The zero-order valence-corrected chi connectivity index (χ0v) is 12.8. The van der Waals surface area contributed by atoms with Gasteiger partial charge >= 0.3 is 0 Å². The predicted octanol–water partition coefficient (Wildman–Crippen LogP) is 2.13. The van der Waals surface area contributed by atoms with Gasteiger partial charge in [0.25, 0.3) is 11.6 Å². The van der Waals surface area contributed by atoms with Crippen LogP contribution in [0.5, 0.6) is 0 Å². The molecule has 1 aromatic rings. The van der Waals surface area contributed by atoms with E-state index in [1.165, 1.54) is 6.07 Å². The first kappa shape index (κ1) is 14.9. The monoisotopic (exact) mass is 341 g/mol. The molecule has 1 fully saturated rings. The lowest BCUT2D eigenvalue weighted by atomic mass is 10.1. The third kappa shape index (κ3) is 3.16. The molecule has 1 amide bonds. The zero-order chi connectivity index (χ0) is 14.7. The van der Waals surface area contributed by atoms with Crippen molar-refractivity contribution in [1.82, 2.24) is 9.80 Å². The second-order valence-corrected chi connectivity index (χ2v) is 5.64. The summed E-state index contributed by atoms with van der Waals surface area (Å²) in [5, 5.41) is 10.9. The molecule has 7 heteroatoms. The van der Waals surface area contributed by atoms with Crippen molar-refractivity contribution < 1.29 is 9.72 Å². The highest BCUT2D eigenvalue weighted by atomic mass is 79.9. The quantitative estimate of drug-likeness (QED) is 0.610. The van der Waals surface area contributed by atoms with Gasteiger partial charge < -0.3 is 9.80 Å². The van der Waals surface area contributed by atoms with Crippen molar-refractivity contribution in [2.24, 2.45) is 0 Å². The summed E-state index contributed by atoms with van der Waals surface area (Å²) in [5.74, 6) is -0.157. The van der Waals surface area contributed by atoms with Gasteiger partial charge in [-0.25, -0.2) is 0 Å². The first-order chi connectivity index (χ1) is 9.50. The molecular weight excluding hydrogens is 326 g/mol. The van der Waals surface area contributed by atoms with Gasteiger partial charge in [0.1, 0.15) is 4.47 Å². The number of nitro benzene ring substituents is 1. The van der Waals surface area contributed by atoms with E-state index in [1.54, 1.807) is 17.0 Å². The summed E-state index contributed by atoms with van der Waals surface area (Å²) in [6, 6.07) is 4.55. The molecule has 0 unspecified atom stereocenters. The highest BCUT2D eigenvalue weighted by molar-refractivity contribution is 9.10. The fourth-order valence-corrected chi connectivity index (χ4v) is 2.82. The van der Waals surface area contributed by atoms with Crippen LogP contribution in [0.2, 0.25) is 0 Å². The van der Waals surface area contributed by atoms with Gasteiger partial charge in [-0.05, 0) is 42.0 Å². The minimum absolute atomic E-state index is 0.0808. The molecule has 0 spiro atoms. The minimum atomic E-state index is -0.489. The van der Waals surface area contributed by atoms with E-state index >= 15 is 0 Å². The van der Waals surface area contributed by atoms with E-state index < -0.39 is 4.92 Å². The second kappa shape index (κ2) is 6.32. The molecule has 2 rings (SSSR count). The molecule has 1 saturated heterocycles.